The van der Waals surface area contributed by atoms with Crippen molar-refractivity contribution in [2.75, 3.05) is 22.9 Å². The molecule has 4 N–H and O–H groups in total. The maximum absolute atomic E-state index is 12.8. The molecular formula is C21H16F3N5O. The van der Waals surface area contributed by atoms with Gasteiger partial charge < -0.3 is 16.4 Å². The summed E-state index contributed by atoms with van der Waals surface area (Å²) < 4.78 is 38.0. The van der Waals surface area contributed by atoms with Crippen molar-refractivity contribution in [3.05, 3.63) is 72.3 Å². The predicted octanol–water partition coefficient (Wildman–Crippen LogP) is 4.19. The fourth-order valence-electron chi connectivity index (χ4n) is 3.14. The number of amides is 1. The number of rotatable bonds is 3. The molecule has 152 valence electrons. The molecule has 1 aliphatic rings. The van der Waals surface area contributed by atoms with Crippen LogP contribution in [0.5, 0.6) is 0 Å². The quantitative estimate of drug-likeness (QED) is 0.601. The molecule has 1 amide bonds. The number of anilines is 3. The zero-order chi connectivity index (χ0) is 21.3. The van der Waals surface area contributed by atoms with E-state index in [9.17, 15) is 18.0 Å². The Morgan fingerprint density at radius 2 is 1.90 bits per heavy atom. The first-order valence-electron chi connectivity index (χ1n) is 8.95. The Morgan fingerprint density at radius 1 is 1.07 bits per heavy atom. The number of nitrogens with two attached hydrogens (primary N) is 1. The van der Waals surface area contributed by atoms with Crippen LogP contribution in [-0.4, -0.2) is 22.4 Å². The van der Waals surface area contributed by atoms with E-state index < -0.39 is 17.8 Å². The summed E-state index contributed by atoms with van der Waals surface area (Å²) in [4.78, 5) is 20.3. The van der Waals surface area contributed by atoms with Gasteiger partial charge in [-0.3, -0.25) is 9.78 Å². The molecule has 0 fully saturated rings. The number of pyridine rings is 2. The lowest BCUT2D eigenvalue weighted by atomic mass is 9.95. The summed E-state index contributed by atoms with van der Waals surface area (Å²) in [6.45, 7) is 0.445. The highest BCUT2D eigenvalue weighted by molar-refractivity contribution is 6.27. The molecule has 3 aromatic rings. The van der Waals surface area contributed by atoms with Crippen LogP contribution in [0.1, 0.15) is 11.3 Å². The summed E-state index contributed by atoms with van der Waals surface area (Å²) in [7, 11) is 0. The smallest absolute Gasteiger partial charge is 0.397 e. The van der Waals surface area contributed by atoms with Gasteiger partial charge in [0.25, 0.3) is 5.91 Å². The van der Waals surface area contributed by atoms with Crippen molar-refractivity contribution >= 4 is 28.5 Å². The maximum atomic E-state index is 12.8. The Labute approximate surface area is 169 Å². The Bertz CT molecular complexity index is 1140. The van der Waals surface area contributed by atoms with Gasteiger partial charge in [0.15, 0.2) is 0 Å². The molecule has 30 heavy (non-hydrogen) atoms. The highest BCUT2D eigenvalue weighted by Crippen LogP contribution is 2.33. The minimum Gasteiger partial charge on any atom is -0.397 e. The van der Waals surface area contributed by atoms with Gasteiger partial charge in [-0.05, 0) is 35.9 Å². The standard InChI is InChI=1S/C21H16F3N5O/c22-21(23,24)19-4-2-15(11-28-19)29-20(30)16-5-6-27-18-3-1-12(8-17(16)18)13-7-14(25)10-26-9-13/h1-5,7-11,27H,6,25H2,(H,29,30). The van der Waals surface area contributed by atoms with Crippen molar-refractivity contribution in [3.8, 4) is 11.1 Å². The van der Waals surface area contributed by atoms with Crippen LogP contribution in [0.4, 0.5) is 30.2 Å². The van der Waals surface area contributed by atoms with Crippen molar-refractivity contribution in [2.45, 2.75) is 6.18 Å². The third-order valence-corrected chi connectivity index (χ3v) is 4.56. The van der Waals surface area contributed by atoms with Gasteiger partial charge in [0.05, 0.1) is 17.6 Å². The van der Waals surface area contributed by atoms with Crippen LogP contribution >= 0.6 is 0 Å². The molecule has 0 saturated carbocycles. The molecule has 0 spiro atoms. The van der Waals surface area contributed by atoms with E-state index in [1.807, 2.05) is 18.2 Å². The second-order valence-electron chi connectivity index (χ2n) is 6.65. The highest BCUT2D eigenvalue weighted by atomic mass is 19.4. The number of halogens is 3. The molecule has 9 heteroatoms. The number of fused-ring (bicyclic) bond motifs is 1. The Hall–Kier alpha value is -3.88. The summed E-state index contributed by atoms with van der Waals surface area (Å²) in [6, 6.07) is 9.36. The number of nitrogens with zero attached hydrogens (tertiary/aromatic N) is 2. The van der Waals surface area contributed by atoms with E-state index >= 15 is 0 Å². The minimum atomic E-state index is -4.54. The van der Waals surface area contributed by atoms with Crippen LogP contribution in [0.3, 0.4) is 0 Å². The number of carbonyl (C=O) groups excluding carboxylic acids is 1. The van der Waals surface area contributed by atoms with Crippen molar-refractivity contribution in [2.24, 2.45) is 0 Å². The lowest BCUT2D eigenvalue weighted by Crippen LogP contribution is -2.19. The van der Waals surface area contributed by atoms with Gasteiger partial charge in [-0.25, -0.2) is 4.98 Å². The summed E-state index contributed by atoms with van der Waals surface area (Å²) in [5.74, 6) is -0.442. The summed E-state index contributed by atoms with van der Waals surface area (Å²) in [5.41, 5.74) is 8.95. The topological polar surface area (TPSA) is 92.9 Å². The van der Waals surface area contributed by atoms with Gasteiger partial charge >= 0.3 is 6.18 Å². The fraction of sp³-hybridized carbons (Fsp3) is 0.0952. The molecular weight excluding hydrogens is 395 g/mol. The van der Waals surface area contributed by atoms with E-state index in [0.717, 1.165) is 29.1 Å². The average molecular weight is 411 g/mol. The van der Waals surface area contributed by atoms with Gasteiger partial charge in [-0.15, -0.1) is 0 Å². The largest absolute Gasteiger partial charge is 0.433 e. The molecule has 1 aromatic carbocycles. The summed E-state index contributed by atoms with van der Waals surface area (Å²) in [5, 5.41) is 5.79. The number of nitrogen functional groups attached to an aromatic ring is 1. The third-order valence-electron chi connectivity index (χ3n) is 4.56. The van der Waals surface area contributed by atoms with Crippen molar-refractivity contribution in [3.63, 3.8) is 0 Å². The van der Waals surface area contributed by atoms with E-state index in [0.29, 0.717) is 23.4 Å². The van der Waals surface area contributed by atoms with Crippen molar-refractivity contribution in [1.29, 1.82) is 0 Å². The molecule has 0 atom stereocenters. The van der Waals surface area contributed by atoms with Gasteiger partial charge in [-0.2, -0.15) is 13.2 Å². The summed E-state index contributed by atoms with van der Waals surface area (Å²) in [6.07, 6.45) is 1.38. The van der Waals surface area contributed by atoms with Gasteiger partial charge in [0, 0.05) is 41.3 Å². The Balaban J connectivity index is 1.61. The van der Waals surface area contributed by atoms with Crippen LogP contribution in [0.15, 0.2) is 61.1 Å². The zero-order valence-electron chi connectivity index (χ0n) is 15.5. The Kier molecular flexibility index (Phi) is 4.86. The second-order valence-corrected chi connectivity index (χ2v) is 6.65. The number of hydrogen-bond acceptors (Lipinski definition) is 5. The Morgan fingerprint density at radius 3 is 2.60 bits per heavy atom. The molecule has 6 nitrogen and oxygen atoms in total. The SMILES string of the molecule is Nc1cncc(-c2ccc3c(c2)C(C(=O)Nc2ccc(C(F)(F)F)nc2)=CCN3)c1. The molecule has 3 heterocycles. The van der Waals surface area contributed by atoms with Gasteiger partial charge in [0.1, 0.15) is 5.69 Å². The highest BCUT2D eigenvalue weighted by Gasteiger charge is 2.32. The van der Waals surface area contributed by atoms with Crippen LogP contribution in [0.2, 0.25) is 0 Å². The molecule has 0 aliphatic carbocycles. The van der Waals surface area contributed by atoms with E-state index in [-0.39, 0.29) is 5.69 Å². The monoisotopic (exact) mass is 411 g/mol. The maximum Gasteiger partial charge on any atom is 0.433 e. The normalized spacial score (nSPS) is 13.1. The van der Waals surface area contributed by atoms with Gasteiger partial charge in [-0.1, -0.05) is 12.1 Å². The lowest BCUT2D eigenvalue weighted by Gasteiger charge is -2.20. The van der Waals surface area contributed by atoms with E-state index in [4.69, 9.17) is 5.73 Å². The molecule has 1 aliphatic heterocycles. The molecule has 2 aromatic heterocycles. The minimum absolute atomic E-state index is 0.171. The second kappa shape index (κ2) is 7.51. The molecule has 0 radical (unpaired) electrons. The third kappa shape index (κ3) is 3.95. The fourth-order valence-corrected chi connectivity index (χ4v) is 3.14. The first-order valence-corrected chi connectivity index (χ1v) is 8.95. The molecule has 0 unspecified atom stereocenters. The first kappa shape index (κ1) is 19.4. The molecule has 0 bridgehead atoms. The number of benzene rings is 1. The summed E-state index contributed by atoms with van der Waals surface area (Å²) >= 11 is 0. The van der Waals surface area contributed by atoms with Crippen LogP contribution < -0.4 is 16.4 Å². The van der Waals surface area contributed by atoms with Gasteiger partial charge in [0.2, 0.25) is 0 Å². The first-order chi connectivity index (χ1) is 14.3. The zero-order valence-corrected chi connectivity index (χ0v) is 15.5. The lowest BCUT2D eigenvalue weighted by molar-refractivity contribution is -0.141. The van der Waals surface area contributed by atoms with E-state index in [1.54, 1.807) is 24.5 Å². The van der Waals surface area contributed by atoms with Crippen LogP contribution in [0, 0.1) is 0 Å². The number of nitrogens with one attached hydrogen (secondary N) is 2. The number of carbonyl (C=O) groups is 1. The number of aromatic nitrogens is 2. The molecule has 4 rings (SSSR count). The number of hydrogen-bond donors (Lipinski definition) is 3. The van der Waals surface area contributed by atoms with E-state index in [2.05, 4.69) is 20.6 Å². The molecule has 0 saturated heterocycles. The van der Waals surface area contributed by atoms with E-state index in [1.165, 1.54) is 6.07 Å². The van der Waals surface area contributed by atoms with Crippen LogP contribution in [-0.2, 0) is 11.0 Å². The number of alkyl halides is 3. The van der Waals surface area contributed by atoms with Crippen molar-refractivity contribution < 1.29 is 18.0 Å². The average Bonchev–Trinajstić information content (AvgIpc) is 2.72. The predicted molar refractivity (Wildman–Crippen MR) is 108 cm³/mol. The van der Waals surface area contributed by atoms with Crippen LogP contribution in [0.25, 0.3) is 16.7 Å². The van der Waals surface area contributed by atoms with Crippen molar-refractivity contribution in [1.82, 2.24) is 9.97 Å².